The molecule has 2 heterocycles. The van der Waals surface area contributed by atoms with Crippen molar-refractivity contribution in [3.05, 3.63) is 60.5 Å². The van der Waals surface area contributed by atoms with Gasteiger partial charge in [-0.15, -0.1) is 0 Å². The Bertz CT molecular complexity index is 948. The first-order chi connectivity index (χ1) is 12.5. The maximum atomic E-state index is 12.0. The van der Waals surface area contributed by atoms with Crippen LogP contribution in [0.4, 0.5) is 0 Å². The molecule has 0 amide bonds. The van der Waals surface area contributed by atoms with Gasteiger partial charge in [0, 0.05) is 12.6 Å². The molecule has 9 heteroatoms. The Morgan fingerprint density at radius 2 is 1.92 bits per heavy atom. The number of benzene rings is 1. The third kappa shape index (κ3) is 4.58. The van der Waals surface area contributed by atoms with E-state index in [0.29, 0.717) is 17.2 Å². The average Bonchev–Trinajstić information content (AvgIpc) is 3.32. The molecular formula is C17H16N2O6S. The second-order valence-electron chi connectivity index (χ2n) is 5.28. The van der Waals surface area contributed by atoms with Crippen LogP contribution in [-0.2, 0) is 26.2 Å². The van der Waals surface area contributed by atoms with E-state index < -0.39 is 16.0 Å². The van der Waals surface area contributed by atoms with Gasteiger partial charge in [-0.1, -0.05) is 23.4 Å². The minimum atomic E-state index is -3.64. The molecule has 0 saturated carbocycles. The molecule has 0 radical (unpaired) electrons. The molecular weight excluding hydrogens is 360 g/mol. The maximum absolute atomic E-state index is 12.0. The summed E-state index contributed by atoms with van der Waals surface area (Å²) in [4.78, 5) is 11.9. The number of sulfonamides is 1. The van der Waals surface area contributed by atoms with Crippen molar-refractivity contribution in [2.24, 2.45) is 0 Å². The Balaban J connectivity index is 1.43. The van der Waals surface area contributed by atoms with Crippen molar-refractivity contribution in [3.63, 3.8) is 0 Å². The molecule has 26 heavy (non-hydrogen) atoms. The van der Waals surface area contributed by atoms with Gasteiger partial charge in [-0.2, -0.15) is 0 Å². The summed E-state index contributed by atoms with van der Waals surface area (Å²) in [5, 5.41) is 3.78. The van der Waals surface area contributed by atoms with Crippen LogP contribution in [0, 0.1) is 0 Å². The lowest BCUT2D eigenvalue weighted by Gasteiger charge is -2.06. The molecule has 0 aliphatic carbocycles. The number of nitrogens with one attached hydrogen (secondary N) is 1. The molecule has 3 rings (SSSR count). The van der Waals surface area contributed by atoms with Gasteiger partial charge in [0.05, 0.1) is 17.6 Å². The number of rotatable bonds is 8. The molecule has 0 fully saturated rings. The second kappa shape index (κ2) is 7.98. The van der Waals surface area contributed by atoms with E-state index in [1.165, 1.54) is 18.4 Å². The van der Waals surface area contributed by atoms with Gasteiger partial charge in [0.2, 0.25) is 15.8 Å². The Hall–Kier alpha value is -2.91. The normalized spacial score (nSPS) is 11.4. The summed E-state index contributed by atoms with van der Waals surface area (Å²) in [6.45, 7) is -0.138. The van der Waals surface area contributed by atoms with Crippen LogP contribution >= 0.6 is 0 Å². The average molecular weight is 376 g/mol. The van der Waals surface area contributed by atoms with E-state index in [1.54, 1.807) is 36.4 Å². The Labute approximate surface area is 149 Å². The number of carbonyl (C=O) groups excluding carboxylic acids is 1. The number of aromatic nitrogens is 1. The Kier molecular flexibility index (Phi) is 5.49. The largest absolute Gasteiger partial charge is 0.461 e. The van der Waals surface area contributed by atoms with Gasteiger partial charge in [0.15, 0.2) is 5.76 Å². The van der Waals surface area contributed by atoms with Gasteiger partial charge in [-0.05, 0) is 24.3 Å². The van der Waals surface area contributed by atoms with Gasteiger partial charge < -0.3 is 13.7 Å². The van der Waals surface area contributed by atoms with Crippen molar-refractivity contribution in [2.45, 2.75) is 17.9 Å². The van der Waals surface area contributed by atoms with Crippen LogP contribution in [0.5, 0.6) is 0 Å². The summed E-state index contributed by atoms with van der Waals surface area (Å²) in [5.41, 5.74) is 0.426. The van der Waals surface area contributed by atoms with E-state index in [-0.39, 0.29) is 24.5 Å². The van der Waals surface area contributed by atoms with Gasteiger partial charge >= 0.3 is 5.97 Å². The van der Waals surface area contributed by atoms with Crippen LogP contribution in [0.25, 0.3) is 11.5 Å². The molecule has 1 aromatic carbocycles. The topological polar surface area (TPSA) is 112 Å². The van der Waals surface area contributed by atoms with Crippen LogP contribution in [-0.4, -0.2) is 26.1 Å². The van der Waals surface area contributed by atoms with Crippen LogP contribution in [0.15, 0.2) is 68.6 Å². The standard InChI is InChI=1S/C17H16N2O6S/c20-17(8-9-18-26(21,22)14-5-2-1-3-6-14)24-12-13-11-16(25-19-13)15-7-4-10-23-15/h1-7,10-11,18H,8-9,12H2. The SMILES string of the molecule is O=C(CCNS(=O)(=O)c1ccccc1)OCc1cc(-c2ccco2)on1. The number of ether oxygens (including phenoxy) is 1. The summed E-state index contributed by atoms with van der Waals surface area (Å²) in [5.74, 6) is 0.394. The van der Waals surface area contributed by atoms with Crippen molar-refractivity contribution in [2.75, 3.05) is 6.54 Å². The zero-order chi connectivity index (χ0) is 18.4. The van der Waals surface area contributed by atoms with Crippen molar-refractivity contribution in [1.82, 2.24) is 9.88 Å². The first-order valence-electron chi connectivity index (χ1n) is 7.74. The molecule has 0 spiro atoms. The molecule has 136 valence electrons. The molecule has 0 saturated heterocycles. The first-order valence-corrected chi connectivity index (χ1v) is 9.23. The number of hydrogen-bond donors (Lipinski definition) is 1. The van der Waals surface area contributed by atoms with Gasteiger partial charge in [-0.25, -0.2) is 13.1 Å². The van der Waals surface area contributed by atoms with E-state index in [4.69, 9.17) is 13.7 Å². The highest BCUT2D eigenvalue weighted by molar-refractivity contribution is 7.89. The lowest BCUT2D eigenvalue weighted by Crippen LogP contribution is -2.26. The zero-order valence-corrected chi connectivity index (χ0v) is 14.4. The highest BCUT2D eigenvalue weighted by Crippen LogP contribution is 2.20. The molecule has 0 aliphatic rings. The summed E-state index contributed by atoms with van der Waals surface area (Å²) in [6.07, 6.45) is 1.41. The van der Waals surface area contributed by atoms with Crippen molar-refractivity contribution >= 4 is 16.0 Å². The predicted molar refractivity (Wildman–Crippen MR) is 90.2 cm³/mol. The van der Waals surface area contributed by atoms with Crippen LogP contribution < -0.4 is 4.72 Å². The van der Waals surface area contributed by atoms with Crippen LogP contribution in [0.1, 0.15) is 12.1 Å². The quantitative estimate of drug-likeness (QED) is 0.601. The highest BCUT2D eigenvalue weighted by atomic mass is 32.2. The van der Waals surface area contributed by atoms with Gasteiger partial charge in [-0.3, -0.25) is 4.79 Å². The van der Waals surface area contributed by atoms with E-state index in [1.807, 2.05) is 0 Å². The molecule has 0 aliphatic heterocycles. The number of esters is 1. The lowest BCUT2D eigenvalue weighted by atomic mass is 10.3. The smallest absolute Gasteiger partial charge is 0.307 e. The van der Waals surface area contributed by atoms with Gasteiger partial charge in [0.1, 0.15) is 12.3 Å². The minimum Gasteiger partial charge on any atom is -0.461 e. The summed E-state index contributed by atoms with van der Waals surface area (Å²) >= 11 is 0. The minimum absolute atomic E-state index is 0.0630. The van der Waals surface area contributed by atoms with Crippen molar-refractivity contribution in [3.8, 4) is 11.5 Å². The third-order valence-electron chi connectivity index (χ3n) is 3.38. The monoisotopic (exact) mass is 376 g/mol. The molecule has 0 bridgehead atoms. The molecule has 2 aromatic heterocycles. The second-order valence-corrected chi connectivity index (χ2v) is 7.05. The van der Waals surface area contributed by atoms with E-state index in [9.17, 15) is 13.2 Å². The number of nitrogens with zero attached hydrogens (tertiary/aromatic N) is 1. The van der Waals surface area contributed by atoms with E-state index in [2.05, 4.69) is 9.88 Å². The van der Waals surface area contributed by atoms with E-state index in [0.717, 1.165) is 0 Å². The summed E-state index contributed by atoms with van der Waals surface area (Å²) < 4.78 is 41.7. The highest BCUT2D eigenvalue weighted by Gasteiger charge is 2.14. The summed E-state index contributed by atoms with van der Waals surface area (Å²) in [6, 6.07) is 12.9. The van der Waals surface area contributed by atoms with Crippen LogP contribution in [0.3, 0.4) is 0 Å². The number of carbonyl (C=O) groups is 1. The molecule has 1 N–H and O–H groups in total. The maximum Gasteiger partial charge on any atom is 0.307 e. The summed E-state index contributed by atoms with van der Waals surface area (Å²) in [7, 11) is -3.64. The fourth-order valence-electron chi connectivity index (χ4n) is 2.11. The molecule has 3 aromatic rings. The number of hydrogen-bond acceptors (Lipinski definition) is 7. The van der Waals surface area contributed by atoms with E-state index >= 15 is 0 Å². The van der Waals surface area contributed by atoms with Gasteiger partial charge in [0.25, 0.3) is 0 Å². The van der Waals surface area contributed by atoms with Crippen molar-refractivity contribution in [1.29, 1.82) is 0 Å². The fraction of sp³-hybridized carbons (Fsp3) is 0.176. The first kappa shape index (κ1) is 17.9. The lowest BCUT2D eigenvalue weighted by molar-refractivity contribution is -0.144. The number of furan rings is 1. The van der Waals surface area contributed by atoms with Crippen LogP contribution in [0.2, 0.25) is 0 Å². The molecule has 8 nitrogen and oxygen atoms in total. The Morgan fingerprint density at radius 3 is 2.65 bits per heavy atom. The molecule has 0 atom stereocenters. The third-order valence-corrected chi connectivity index (χ3v) is 4.86. The fourth-order valence-corrected chi connectivity index (χ4v) is 3.16. The van der Waals surface area contributed by atoms with Crippen molar-refractivity contribution < 1.29 is 26.9 Å². The Morgan fingerprint density at radius 1 is 1.12 bits per heavy atom. The zero-order valence-electron chi connectivity index (χ0n) is 13.6. The molecule has 0 unspecified atom stereocenters. The predicted octanol–water partition coefficient (Wildman–Crippen LogP) is 2.35.